The Morgan fingerprint density at radius 2 is 0.741 bits per heavy atom. The summed E-state index contributed by atoms with van der Waals surface area (Å²) in [6.45, 7) is 6.64. The van der Waals surface area contributed by atoms with E-state index in [0.29, 0.717) is 0 Å². The zero-order valence-corrected chi connectivity index (χ0v) is 37.8. The highest BCUT2D eigenvalue weighted by Gasteiger charge is 2.19. The number of rotatable bonds is 26. The van der Waals surface area contributed by atoms with E-state index in [2.05, 4.69) is 95.8 Å². The second-order valence-corrected chi connectivity index (χ2v) is 16.6. The van der Waals surface area contributed by atoms with Crippen LogP contribution < -0.4 is 43.1 Å². The molecule has 4 nitrogen and oxygen atoms in total. The summed E-state index contributed by atoms with van der Waals surface area (Å²) in [4.78, 5) is 10.0. The number of para-hydroxylation sites is 2. The average molecular weight is 897 g/mol. The first-order valence-corrected chi connectivity index (χ1v) is 22.4. The molecule has 0 saturated carbocycles. The highest BCUT2D eigenvalue weighted by atomic mass is 79.9. The molecule has 0 radical (unpaired) electrons. The Labute approximate surface area is 355 Å². The minimum atomic E-state index is 0. The number of aromatic nitrogens is 2. The third kappa shape index (κ3) is 15.3. The molecule has 0 aliphatic rings. The predicted molar refractivity (Wildman–Crippen MR) is 229 cm³/mol. The zero-order valence-electron chi connectivity index (χ0n) is 33.0. The van der Waals surface area contributed by atoms with Gasteiger partial charge in [0.2, 0.25) is 0 Å². The Morgan fingerprint density at radius 1 is 0.426 bits per heavy atom. The minimum absolute atomic E-state index is 0. The van der Waals surface area contributed by atoms with Crippen molar-refractivity contribution in [3.63, 3.8) is 0 Å². The number of thiazole rings is 2. The molecular formula is C46H64Br2N4S2. The van der Waals surface area contributed by atoms with Gasteiger partial charge in [0, 0.05) is 11.1 Å². The molecule has 0 atom stereocenters. The lowest BCUT2D eigenvalue weighted by atomic mass is 10.1. The number of aryl methyl sites for hydroxylation is 2. The van der Waals surface area contributed by atoms with Crippen molar-refractivity contribution in [2.75, 3.05) is 0 Å². The second kappa shape index (κ2) is 27.4. The molecule has 54 heavy (non-hydrogen) atoms. The Morgan fingerprint density at radius 3 is 1.09 bits per heavy atom. The normalized spacial score (nSPS) is 11.6. The Kier molecular flexibility index (Phi) is 23.4. The minimum Gasteiger partial charge on any atom is -1.00 e. The van der Waals surface area contributed by atoms with Gasteiger partial charge in [-0.1, -0.05) is 165 Å². The van der Waals surface area contributed by atoms with Crippen LogP contribution in [0.1, 0.15) is 153 Å². The molecule has 0 bridgehead atoms. The van der Waals surface area contributed by atoms with Crippen molar-refractivity contribution < 1.29 is 43.1 Å². The van der Waals surface area contributed by atoms with Crippen LogP contribution in [-0.2, 0) is 13.1 Å². The van der Waals surface area contributed by atoms with Crippen molar-refractivity contribution in [1.29, 1.82) is 0 Å². The highest BCUT2D eigenvalue weighted by molar-refractivity contribution is 7.21. The zero-order chi connectivity index (χ0) is 36.1. The summed E-state index contributed by atoms with van der Waals surface area (Å²) < 4.78 is 7.47. The largest absolute Gasteiger partial charge is 1.00 e. The molecule has 8 heteroatoms. The quantitative estimate of drug-likeness (QED) is 0.0306. The van der Waals surface area contributed by atoms with Gasteiger partial charge in [0.25, 0.3) is 0 Å². The van der Waals surface area contributed by atoms with Crippen LogP contribution in [-0.4, -0.2) is 12.4 Å². The molecule has 0 amide bonds. The predicted octanol–water partition coefficient (Wildman–Crippen LogP) is 8.04. The molecule has 0 aliphatic carbocycles. The topological polar surface area (TPSA) is 32.5 Å². The smallest absolute Gasteiger partial charge is 0.383 e. The fourth-order valence-electron chi connectivity index (χ4n) is 7.11. The number of hydrogen-bond donors (Lipinski definition) is 0. The van der Waals surface area contributed by atoms with Crippen LogP contribution in [0.15, 0.2) is 82.8 Å². The summed E-state index contributed by atoms with van der Waals surface area (Å²) in [6, 6.07) is 26.1. The fourth-order valence-corrected chi connectivity index (χ4v) is 9.18. The molecule has 0 aliphatic heterocycles. The summed E-state index contributed by atoms with van der Waals surface area (Å²) >= 11 is 3.58. The van der Waals surface area contributed by atoms with Crippen molar-refractivity contribution in [2.24, 2.45) is 9.98 Å². The van der Waals surface area contributed by atoms with E-state index in [9.17, 15) is 0 Å². The molecule has 5 rings (SSSR count). The highest BCUT2D eigenvalue weighted by Crippen LogP contribution is 2.28. The first kappa shape index (κ1) is 46.1. The lowest BCUT2D eigenvalue weighted by Crippen LogP contribution is -3.00. The van der Waals surface area contributed by atoms with E-state index in [1.54, 1.807) is 22.7 Å². The summed E-state index contributed by atoms with van der Waals surface area (Å²) in [5, 5.41) is 2.17. The molecule has 0 fully saturated rings. The van der Waals surface area contributed by atoms with Crippen molar-refractivity contribution in [2.45, 2.75) is 155 Å². The van der Waals surface area contributed by atoms with Gasteiger partial charge in [0.05, 0.1) is 22.5 Å². The van der Waals surface area contributed by atoms with E-state index in [1.807, 2.05) is 12.4 Å². The number of hydrogen-bond acceptors (Lipinski definition) is 4. The van der Waals surface area contributed by atoms with Crippen molar-refractivity contribution in [3.8, 4) is 0 Å². The third-order valence-corrected chi connectivity index (χ3v) is 12.4. The second-order valence-electron chi connectivity index (χ2n) is 14.6. The maximum absolute atomic E-state index is 5.02. The summed E-state index contributed by atoms with van der Waals surface area (Å²) in [7, 11) is 0. The van der Waals surface area contributed by atoms with Crippen LogP contribution in [0.25, 0.3) is 20.4 Å². The van der Waals surface area contributed by atoms with Crippen molar-refractivity contribution in [3.05, 3.63) is 83.9 Å². The monoisotopic (exact) mass is 894 g/mol. The van der Waals surface area contributed by atoms with Crippen LogP contribution in [0, 0.1) is 0 Å². The molecule has 3 aromatic carbocycles. The lowest BCUT2D eigenvalue weighted by Gasteiger charge is -2.02. The molecule has 0 unspecified atom stereocenters. The molecule has 0 N–H and O–H groups in total. The van der Waals surface area contributed by atoms with Gasteiger partial charge in [-0.3, -0.25) is 0 Å². The lowest BCUT2D eigenvalue weighted by molar-refractivity contribution is -0.655. The number of aliphatic imine (C=N–C) groups is 2. The van der Waals surface area contributed by atoms with Crippen molar-refractivity contribution in [1.82, 2.24) is 0 Å². The van der Waals surface area contributed by atoms with E-state index in [4.69, 9.17) is 9.98 Å². The van der Waals surface area contributed by atoms with Gasteiger partial charge in [-0.15, -0.1) is 0 Å². The summed E-state index contributed by atoms with van der Waals surface area (Å²) in [5.74, 6) is 0. The third-order valence-electron chi connectivity index (χ3n) is 10.2. The molecular weight excluding hydrogens is 832 g/mol. The van der Waals surface area contributed by atoms with Gasteiger partial charge in [0.1, 0.15) is 23.5 Å². The van der Waals surface area contributed by atoms with Gasteiger partial charge in [0.15, 0.2) is 0 Å². The van der Waals surface area contributed by atoms with Crippen LogP contribution >= 0.6 is 22.7 Å². The number of halogens is 2. The Balaban J connectivity index is 0.00000392. The van der Waals surface area contributed by atoms with Crippen LogP contribution in [0.3, 0.4) is 0 Å². The molecule has 0 saturated heterocycles. The standard InChI is InChI=1S/C46H64N4S2.2BrH/c1-3-5-7-9-11-13-15-17-19-25-35-49-41-27-21-23-29-43(41)51-45(49)47-37-39-31-33-40(34-32-39)38-48-46-50(42-28-22-24-30-44(42)52-46)36-26-20-18-16-14-12-10-8-6-4-2;;/h21-24,27-34,37-38H,3-20,25-26,35-36H2,1-2H3;2*1H/q+2;;/p-2. The average Bonchev–Trinajstić information content (AvgIpc) is 3.72. The maximum atomic E-state index is 5.02. The molecule has 2 heterocycles. The van der Waals surface area contributed by atoms with Gasteiger partial charge < -0.3 is 34.0 Å². The van der Waals surface area contributed by atoms with Gasteiger partial charge in [-0.05, 0) is 82.6 Å². The van der Waals surface area contributed by atoms with Gasteiger partial charge in [-0.2, -0.15) is 0 Å². The number of benzene rings is 3. The van der Waals surface area contributed by atoms with Gasteiger partial charge >= 0.3 is 10.3 Å². The number of fused-ring (bicyclic) bond motifs is 2. The van der Waals surface area contributed by atoms with E-state index in [-0.39, 0.29) is 34.0 Å². The SMILES string of the molecule is CCCCCCCCCCCC[n+]1c(/N=C/c2ccc(/C=N/c3sc4ccccc4[n+]3CCCCCCCCCCCC)cc2)sc2ccccc21.[Br-].[Br-]. The first-order chi connectivity index (χ1) is 25.8. The van der Waals surface area contributed by atoms with Crippen molar-refractivity contribution >= 4 is 65.8 Å². The Hall–Kier alpha value is -2.26. The van der Waals surface area contributed by atoms with Crippen LogP contribution in [0.2, 0.25) is 0 Å². The molecule has 294 valence electrons. The molecule has 0 spiro atoms. The molecule has 2 aromatic heterocycles. The van der Waals surface area contributed by atoms with E-state index in [1.165, 1.54) is 149 Å². The maximum Gasteiger partial charge on any atom is 0.383 e. The van der Waals surface area contributed by atoms with Crippen LogP contribution in [0.5, 0.6) is 0 Å². The summed E-state index contributed by atoms with van der Waals surface area (Å²) in [5.41, 5.74) is 4.82. The van der Waals surface area contributed by atoms with E-state index in [0.717, 1.165) is 34.5 Å². The van der Waals surface area contributed by atoms with Crippen LogP contribution in [0.4, 0.5) is 10.3 Å². The van der Waals surface area contributed by atoms with Gasteiger partial charge in [-0.25, -0.2) is 9.13 Å². The summed E-state index contributed by atoms with van der Waals surface area (Å²) in [6.07, 6.45) is 31.1. The molecule has 5 aromatic rings. The first-order valence-electron chi connectivity index (χ1n) is 20.8. The number of nitrogens with zero attached hydrogens (tertiary/aromatic N) is 4. The Bertz CT molecular complexity index is 1660. The fraction of sp³-hybridized carbons (Fsp3) is 0.522. The van der Waals surface area contributed by atoms with E-state index >= 15 is 0 Å². The van der Waals surface area contributed by atoms with E-state index < -0.39 is 0 Å². The number of unbranched alkanes of at least 4 members (excludes halogenated alkanes) is 18.